The first-order valence-electron chi connectivity index (χ1n) is 5.55. The molecule has 1 heterocycles. The number of carbonyl (C=O) groups excluding carboxylic acids is 1. The van der Waals surface area contributed by atoms with Crippen LogP contribution in [0.3, 0.4) is 0 Å². The third-order valence-electron chi connectivity index (χ3n) is 2.93. The number of hydrogen-bond donors (Lipinski definition) is 1. The molecule has 17 heavy (non-hydrogen) atoms. The molecule has 2 rings (SSSR count). The highest BCUT2D eigenvalue weighted by Crippen LogP contribution is 2.24. The molecule has 2 N–H and O–H groups in total. The standard InChI is InChI=1S/C10H14N4OS2/c11-9(16)5-14(7-3-1-2-4-7)10(15)8-6-17-13-12-8/h6-7H,1-5H2,(H2,11,16). The maximum Gasteiger partial charge on any atom is 0.275 e. The van der Waals surface area contributed by atoms with E-state index in [1.807, 2.05) is 0 Å². The molecule has 0 saturated heterocycles. The minimum Gasteiger partial charge on any atom is -0.392 e. The van der Waals surface area contributed by atoms with Crippen LogP contribution in [0, 0.1) is 0 Å². The van der Waals surface area contributed by atoms with E-state index in [9.17, 15) is 4.79 Å². The fourth-order valence-electron chi connectivity index (χ4n) is 2.16. The number of hydrogen-bond acceptors (Lipinski definition) is 5. The van der Waals surface area contributed by atoms with E-state index in [0.29, 0.717) is 17.2 Å². The van der Waals surface area contributed by atoms with Gasteiger partial charge in [0.15, 0.2) is 5.69 Å². The van der Waals surface area contributed by atoms with Crippen LogP contribution >= 0.6 is 23.8 Å². The third-order valence-corrected chi connectivity index (χ3v) is 3.57. The Kier molecular flexibility index (Phi) is 4.01. The van der Waals surface area contributed by atoms with Crippen LogP contribution in [-0.4, -0.2) is 38.0 Å². The van der Waals surface area contributed by atoms with Gasteiger partial charge in [-0.25, -0.2) is 0 Å². The van der Waals surface area contributed by atoms with Crippen molar-refractivity contribution in [3.05, 3.63) is 11.1 Å². The van der Waals surface area contributed by atoms with Gasteiger partial charge in [-0.05, 0) is 24.4 Å². The van der Waals surface area contributed by atoms with E-state index >= 15 is 0 Å². The lowest BCUT2D eigenvalue weighted by Gasteiger charge is -2.27. The van der Waals surface area contributed by atoms with Gasteiger partial charge in [0.2, 0.25) is 0 Å². The molecule has 0 unspecified atom stereocenters. The number of carbonyl (C=O) groups is 1. The molecule has 1 amide bonds. The van der Waals surface area contributed by atoms with E-state index in [-0.39, 0.29) is 11.9 Å². The van der Waals surface area contributed by atoms with Crippen LogP contribution in [0.1, 0.15) is 36.2 Å². The Bertz CT molecular complexity index is 400. The van der Waals surface area contributed by atoms with E-state index in [2.05, 4.69) is 9.59 Å². The van der Waals surface area contributed by atoms with Gasteiger partial charge in [-0.3, -0.25) is 4.79 Å². The topological polar surface area (TPSA) is 72.1 Å². The molecule has 7 heteroatoms. The first-order chi connectivity index (χ1) is 8.18. The number of nitrogens with zero attached hydrogens (tertiary/aromatic N) is 3. The molecule has 5 nitrogen and oxygen atoms in total. The molecule has 1 aliphatic carbocycles. The summed E-state index contributed by atoms with van der Waals surface area (Å²) in [6.07, 6.45) is 4.35. The van der Waals surface area contributed by atoms with Gasteiger partial charge in [0.25, 0.3) is 5.91 Å². The highest BCUT2D eigenvalue weighted by molar-refractivity contribution is 7.80. The second kappa shape index (κ2) is 5.50. The minimum absolute atomic E-state index is 0.113. The van der Waals surface area contributed by atoms with E-state index < -0.39 is 0 Å². The van der Waals surface area contributed by atoms with Gasteiger partial charge >= 0.3 is 0 Å². The molecule has 1 aromatic rings. The zero-order valence-corrected chi connectivity index (χ0v) is 11.0. The number of aromatic nitrogens is 2. The molecule has 0 radical (unpaired) electrons. The Morgan fingerprint density at radius 1 is 1.59 bits per heavy atom. The molecule has 0 atom stereocenters. The fraction of sp³-hybridized carbons (Fsp3) is 0.600. The summed E-state index contributed by atoms with van der Waals surface area (Å²) in [5.74, 6) is -0.113. The van der Waals surface area contributed by atoms with Crippen molar-refractivity contribution in [2.45, 2.75) is 31.7 Å². The summed E-state index contributed by atoms with van der Waals surface area (Å²) in [5.41, 5.74) is 5.94. The second-order valence-corrected chi connectivity index (χ2v) is 5.26. The monoisotopic (exact) mass is 270 g/mol. The van der Waals surface area contributed by atoms with Gasteiger partial charge in [0, 0.05) is 11.4 Å². The van der Waals surface area contributed by atoms with Crippen molar-refractivity contribution < 1.29 is 4.79 Å². The normalized spacial score (nSPS) is 16.0. The quantitative estimate of drug-likeness (QED) is 0.833. The summed E-state index contributed by atoms with van der Waals surface area (Å²) in [4.78, 5) is 14.3. The van der Waals surface area contributed by atoms with E-state index in [1.165, 1.54) is 11.5 Å². The predicted octanol–water partition coefficient (Wildman–Crippen LogP) is 1.21. The average molecular weight is 270 g/mol. The third kappa shape index (κ3) is 2.98. The van der Waals surface area contributed by atoms with Crippen LogP contribution in [0.25, 0.3) is 0 Å². The maximum absolute atomic E-state index is 12.2. The smallest absolute Gasteiger partial charge is 0.275 e. The fourth-order valence-corrected chi connectivity index (χ4v) is 2.72. The molecular weight excluding hydrogens is 256 g/mol. The zero-order chi connectivity index (χ0) is 12.3. The van der Waals surface area contributed by atoms with Crippen molar-refractivity contribution >= 4 is 34.6 Å². The van der Waals surface area contributed by atoms with Gasteiger partial charge < -0.3 is 10.6 Å². The zero-order valence-electron chi connectivity index (χ0n) is 9.33. The van der Waals surface area contributed by atoms with E-state index in [1.54, 1.807) is 10.3 Å². The van der Waals surface area contributed by atoms with Crippen molar-refractivity contribution in [1.29, 1.82) is 0 Å². The van der Waals surface area contributed by atoms with Crippen molar-refractivity contribution in [2.75, 3.05) is 6.54 Å². The molecule has 0 aliphatic heterocycles. The SMILES string of the molecule is NC(=S)CN(C(=O)c1csnn1)C1CCCC1. The molecule has 0 aromatic carbocycles. The molecule has 1 saturated carbocycles. The highest BCUT2D eigenvalue weighted by Gasteiger charge is 2.28. The lowest BCUT2D eigenvalue weighted by molar-refractivity contribution is 0.0708. The van der Waals surface area contributed by atoms with Gasteiger partial charge in [0.05, 0.1) is 11.5 Å². The van der Waals surface area contributed by atoms with Crippen molar-refractivity contribution in [2.24, 2.45) is 5.73 Å². The summed E-state index contributed by atoms with van der Waals surface area (Å²) < 4.78 is 3.71. The molecular formula is C10H14N4OS2. The van der Waals surface area contributed by atoms with Crippen LogP contribution in [0.2, 0.25) is 0 Å². The Labute approximate surface area is 109 Å². The first kappa shape index (κ1) is 12.4. The largest absolute Gasteiger partial charge is 0.392 e. The van der Waals surface area contributed by atoms with Gasteiger partial charge in [0.1, 0.15) is 0 Å². The number of thiocarbonyl (C=S) groups is 1. The summed E-state index contributed by atoms with van der Waals surface area (Å²) >= 11 is 6.08. The molecule has 1 fully saturated rings. The van der Waals surface area contributed by atoms with Gasteiger partial charge in [-0.15, -0.1) is 5.10 Å². The average Bonchev–Trinajstić information content (AvgIpc) is 2.96. The van der Waals surface area contributed by atoms with Crippen LogP contribution in [0.5, 0.6) is 0 Å². The summed E-state index contributed by atoms with van der Waals surface area (Å²) in [7, 11) is 0. The van der Waals surface area contributed by atoms with Crippen LogP contribution in [0.4, 0.5) is 0 Å². The van der Waals surface area contributed by atoms with E-state index in [4.69, 9.17) is 18.0 Å². The first-order valence-corrected chi connectivity index (χ1v) is 6.79. The Morgan fingerprint density at radius 3 is 2.82 bits per heavy atom. The maximum atomic E-state index is 12.2. The molecule has 0 bridgehead atoms. The van der Waals surface area contributed by atoms with Crippen molar-refractivity contribution in [1.82, 2.24) is 14.5 Å². The van der Waals surface area contributed by atoms with Crippen LogP contribution < -0.4 is 5.73 Å². The lowest BCUT2D eigenvalue weighted by Crippen LogP contribution is -2.43. The number of rotatable bonds is 4. The molecule has 1 aromatic heterocycles. The van der Waals surface area contributed by atoms with Gasteiger partial charge in [-0.2, -0.15) is 0 Å². The summed E-state index contributed by atoms with van der Waals surface area (Å²) in [6, 6.07) is 0.241. The second-order valence-electron chi connectivity index (χ2n) is 4.13. The number of nitrogens with two attached hydrogens (primary N) is 1. The minimum atomic E-state index is -0.113. The van der Waals surface area contributed by atoms with Crippen molar-refractivity contribution in [3.8, 4) is 0 Å². The van der Waals surface area contributed by atoms with Crippen molar-refractivity contribution in [3.63, 3.8) is 0 Å². The molecule has 0 spiro atoms. The van der Waals surface area contributed by atoms with Crippen LogP contribution in [0.15, 0.2) is 5.38 Å². The lowest BCUT2D eigenvalue weighted by atomic mass is 10.2. The van der Waals surface area contributed by atoms with Gasteiger partial charge in [-0.1, -0.05) is 29.5 Å². The number of amides is 1. The predicted molar refractivity (Wildman–Crippen MR) is 70.0 cm³/mol. The summed E-state index contributed by atoms with van der Waals surface area (Å²) in [5, 5.41) is 5.47. The molecule has 92 valence electrons. The molecule has 1 aliphatic rings. The highest BCUT2D eigenvalue weighted by atomic mass is 32.1. The summed E-state index contributed by atoms with van der Waals surface area (Å²) in [6.45, 7) is 0.330. The Balaban J connectivity index is 2.14. The van der Waals surface area contributed by atoms with Crippen LogP contribution in [-0.2, 0) is 0 Å². The Morgan fingerprint density at radius 2 is 2.29 bits per heavy atom. The van der Waals surface area contributed by atoms with E-state index in [0.717, 1.165) is 25.7 Å². The Hall–Kier alpha value is -1.08.